The van der Waals surface area contributed by atoms with Crippen LogP contribution in [0.2, 0.25) is 10.0 Å². The molecule has 0 aliphatic carbocycles. The Hall–Kier alpha value is -2.44. The van der Waals surface area contributed by atoms with E-state index < -0.39 is 0 Å². The zero-order valence-corrected chi connectivity index (χ0v) is 17.4. The standard InChI is InChI=1S/C21H22Cl2N4O2/c22-17-7-4-8-18(20(17)23)24-9-11-25(12-10-24)19(28)15-26-13-14-27(21(26)29)16-5-2-1-3-6-16/h1-8H,9-15H2. The maximum Gasteiger partial charge on any atom is 0.325 e. The molecule has 2 fully saturated rings. The van der Waals surface area contributed by atoms with Crippen LogP contribution in [0.5, 0.6) is 0 Å². The molecule has 2 aromatic carbocycles. The first kappa shape index (κ1) is 19.9. The fourth-order valence-corrected chi connectivity index (χ4v) is 4.19. The number of amides is 3. The van der Waals surface area contributed by atoms with E-state index in [9.17, 15) is 9.59 Å². The van der Waals surface area contributed by atoms with Crippen LogP contribution in [-0.2, 0) is 4.79 Å². The Labute approximate surface area is 180 Å². The number of carbonyl (C=O) groups excluding carboxylic acids is 2. The molecule has 152 valence electrons. The van der Waals surface area contributed by atoms with Crippen molar-refractivity contribution in [2.75, 3.05) is 55.6 Å². The molecule has 0 bridgehead atoms. The van der Waals surface area contributed by atoms with Crippen LogP contribution in [0.4, 0.5) is 16.2 Å². The van der Waals surface area contributed by atoms with Crippen molar-refractivity contribution in [1.82, 2.24) is 9.80 Å². The quantitative estimate of drug-likeness (QED) is 0.741. The van der Waals surface area contributed by atoms with E-state index in [2.05, 4.69) is 4.90 Å². The van der Waals surface area contributed by atoms with Gasteiger partial charge in [-0.2, -0.15) is 0 Å². The summed E-state index contributed by atoms with van der Waals surface area (Å²) in [6.07, 6.45) is 0. The molecular formula is C21H22Cl2N4O2. The monoisotopic (exact) mass is 432 g/mol. The topological polar surface area (TPSA) is 47.1 Å². The molecule has 2 aliphatic heterocycles. The van der Waals surface area contributed by atoms with Crippen LogP contribution < -0.4 is 9.80 Å². The van der Waals surface area contributed by atoms with Crippen LogP contribution >= 0.6 is 23.2 Å². The molecule has 2 aromatic rings. The maximum atomic E-state index is 12.8. The Morgan fingerprint density at radius 3 is 2.31 bits per heavy atom. The van der Waals surface area contributed by atoms with Crippen molar-refractivity contribution < 1.29 is 9.59 Å². The highest BCUT2D eigenvalue weighted by molar-refractivity contribution is 6.43. The number of carbonyl (C=O) groups is 2. The van der Waals surface area contributed by atoms with Crippen LogP contribution in [0.25, 0.3) is 0 Å². The minimum atomic E-state index is -0.117. The number of anilines is 2. The first-order chi connectivity index (χ1) is 14.0. The van der Waals surface area contributed by atoms with Crippen LogP contribution in [0, 0.1) is 0 Å². The largest absolute Gasteiger partial charge is 0.367 e. The van der Waals surface area contributed by atoms with Gasteiger partial charge in [0, 0.05) is 45.0 Å². The van der Waals surface area contributed by atoms with Gasteiger partial charge in [-0.15, -0.1) is 0 Å². The van der Waals surface area contributed by atoms with Crippen molar-refractivity contribution in [3.63, 3.8) is 0 Å². The van der Waals surface area contributed by atoms with E-state index >= 15 is 0 Å². The minimum absolute atomic E-state index is 0.0231. The highest BCUT2D eigenvalue weighted by Gasteiger charge is 2.32. The number of hydrogen-bond acceptors (Lipinski definition) is 3. The van der Waals surface area contributed by atoms with Crippen molar-refractivity contribution in [1.29, 1.82) is 0 Å². The van der Waals surface area contributed by atoms with Gasteiger partial charge >= 0.3 is 6.03 Å². The van der Waals surface area contributed by atoms with Crippen LogP contribution in [0.1, 0.15) is 0 Å². The molecule has 2 aliphatic rings. The van der Waals surface area contributed by atoms with E-state index in [1.807, 2.05) is 47.4 Å². The van der Waals surface area contributed by atoms with E-state index in [0.717, 1.165) is 11.4 Å². The molecule has 29 heavy (non-hydrogen) atoms. The number of benzene rings is 2. The van der Waals surface area contributed by atoms with E-state index in [1.165, 1.54) is 0 Å². The number of hydrogen-bond donors (Lipinski definition) is 0. The molecular weight excluding hydrogens is 411 g/mol. The second-order valence-corrected chi connectivity index (χ2v) is 7.92. The predicted molar refractivity (Wildman–Crippen MR) is 116 cm³/mol. The lowest BCUT2D eigenvalue weighted by molar-refractivity contribution is -0.131. The number of para-hydroxylation sites is 1. The van der Waals surface area contributed by atoms with Gasteiger partial charge in [-0.25, -0.2) is 4.79 Å². The zero-order valence-electron chi connectivity index (χ0n) is 15.9. The Morgan fingerprint density at radius 1 is 0.862 bits per heavy atom. The van der Waals surface area contributed by atoms with E-state index in [-0.39, 0.29) is 18.5 Å². The van der Waals surface area contributed by atoms with E-state index in [4.69, 9.17) is 23.2 Å². The third-order valence-electron chi connectivity index (χ3n) is 5.39. The SMILES string of the molecule is O=C(CN1CCN(c2ccccc2)C1=O)N1CCN(c2cccc(Cl)c2Cl)CC1. The number of urea groups is 1. The number of halogens is 2. The lowest BCUT2D eigenvalue weighted by Gasteiger charge is -2.37. The van der Waals surface area contributed by atoms with E-state index in [0.29, 0.717) is 49.3 Å². The molecule has 2 heterocycles. The summed E-state index contributed by atoms with van der Waals surface area (Å²) in [7, 11) is 0. The lowest BCUT2D eigenvalue weighted by Crippen LogP contribution is -2.51. The van der Waals surface area contributed by atoms with Crippen molar-refractivity contribution in [3.8, 4) is 0 Å². The van der Waals surface area contributed by atoms with Gasteiger partial charge in [-0.05, 0) is 24.3 Å². The number of piperazine rings is 1. The molecule has 3 amide bonds. The molecule has 0 saturated carbocycles. The van der Waals surface area contributed by atoms with Crippen LogP contribution in [-0.4, -0.2) is 67.6 Å². The summed E-state index contributed by atoms with van der Waals surface area (Å²) in [6.45, 7) is 3.79. The summed E-state index contributed by atoms with van der Waals surface area (Å²) in [4.78, 5) is 32.7. The fraction of sp³-hybridized carbons (Fsp3) is 0.333. The van der Waals surface area contributed by atoms with Crippen molar-refractivity contribution >= 4 is 46.5 Å². The summed E-state index contributed by atoms with van der Waals surface area (Å²) in [5.74, 6) is -0.0231. The first-order valence-electron chi connectivity index (χ1n) is 9.63. The van der Waals surface area contributed by atoms with Gasteiger partial charge in [0.2, 0.25) is 5.91 Å². The maximum absolute atomic E-state index is 12.8. The fourth-order valence-electron chi connectivity index (χ4n) is 3.77. The first-order valence-corrected chi connectivity index (χ1v) is 10.4. The lowest BCUT2D eigenvalue weighted by atomic mass is 10.2. The van der Waals surface area contributed by atoms with Crippen molar-refractivity contribution in [3.05, 3.63) is 58.6 Å². The number of rotatable bonds is 4. The summed E-state index contributed by atoms with van der Waals surface area (Å²) < 4.78 is 0. The molecule has 4 rings (SSSR count). The average Bonchev–Trinajstić information content (AvgIpc) is 3.11. The second-order valence-electron chi connectivity index (χ2n) is 7.13. The van der Waals surface area contributed by atoms with Gasteiger partial charge in [0.25, 0.3) is 0 Å². The van der Waals surface area contributed by atoms with E-state index in [1.54, 1.807) is 15.9 Å². The Kier molecular flexibility index (Phi) is 5.83. The van der Waals surface area contributed by atoms with Gasteiger partial charge in [-0.1, -0.05) is 47.5 Å². The van der Waals surface area contributed by atoms with Crippen molar-refractivity contribution in [2.24, 2.45) is 0 Å². The smallest absolute Gasteiger partial charge is 0.325 e. The predicted octanol–water partition coefficient (Wildman–Crippen LogP) is 3.58. The highest BCUT2D eigenvalue weighted by Crippen LogP contribution is 2.32. The van der Waals surface area contributed by atoms with Gasteiger partial charge in [0.15, 0.2) is 0 Å². The van der Waals surface area contributed by atoms with Crippen molar-refractivity contribution in [2.45, 2.75) is 0 Å². The third-order valence-corrected chi connectivity index (χ3v) is 6.20. The Bertz CT molecular complexity index is 901. The normalized spacial score (nSPS) is 17.2. The summed E-state index contributed by atoms with van der Waals surface area (Å²) >= 11 is 12.4. The van der Waals surface area contributed by atoms with Crippen LogP contribution in [0.15, 0.2) is 48.5 Å². The number of nitrogens with zero attached hydrogens (tertiary/aromatic N) is 4. The molecule has 2 saturated heterocycles. The van der Waals surface area contributed by atoms with Gasteiger partial charge in [0.1, 0.15) is 6.54 Å². The Balaban J connectivity index is 1.32. The van der Waals surface area contributed by atoms with Crippen LogP contribution in [0.3, 0.4) is 0 Å². The third kappa shape index (κ3) is 4.14. The molecule has 0 N–H and O–H groups in total. The van der Waals surface area contributed by atoms with Gasteiger partial charge in [0.05, 0.1) is 15.7 Å². The molecule has 0 aromatic heterocycles. The molecule has 6 nitrogen and oxygen atoms in total. The van der Waals surface area contributed by atoms with Gasteiger partial charge < -0.3 is 14.7 Å². The second kappa shape index (κ2) is 8.51. The molecule has 0 atom stereocenters. The minimum Gasteiger partial charge on any atom is -0.367 e. The van der Waals surface area contributed by atoms with Gasteiger partial charge in [-0.3, -0.25) is 9.69 Å². The summed E-state index contributed by atoms with van der Waals surface area (Å²) in [5.41, 5.74) is 1.75. The molecule has 8 heteroatoms. The summed E-state index contributed by atoms with van der Waals surface area (Å²) in [5, 5.41) is 1.07. The molecule has 0 spiro atoms. The highest BCUT2D eigenvalue weighted by atomic mass is 35.5. The average molecular weight is 433 g/mol. The molecule has 0 unspecified atom stereocenters. The molecule has 0 radical (unpaired) electrons. The Morgan fingerprint density at radius 2 is 1.59 bits per heavy atom. The summed E-state index contributed by atoms with van der Waals surface area (Å²) in [6, 6.07) is 15.0. The zero-order chi connectivity index (χ0) is 20.4.